The second-order valence-corrected chi connectivity index (χ2v) is 9.14. The fourth-order valence-corrected chi connectivity index (χ4v) is 4.98. The van der Waals surface area contributed by atoms with Gasteiger partial charge in [0.2, 0.25) is 0 Å². The number of nitrogen functional groups attached to an aromatic ring is 1. The summed E-state index contributed by atoms with van der Waals surface area (Å²) in [4.78, 5) is 14.1. The molecule has 0 amide bonds. The van der Waals surface area contributed by atoms with Crippen molar-refractivity contribution in [2.24, 2.45) is 0 Å². The summed E-state index contributed by atoms with van der Waals surface area (Å²) in [6.07, 6.45) is 3.88. The van der Waals surface area contributed by atoms with Crippen molar-refractivity contribution >= 4 is 27.4 Å². The lowest BCUT2D eigenvalue weighted by Gasteiger charge is -2.38. The van der Waals surface area contributed by atoms with Gasteiger partial charge in [-0.3, -0.25) is 4.90 Å². The standard InChI is InChI=1S/C21H28N4OS/c1-12(2)17-8-9-18(26-17)20-23-19(22)16-10-15(27-21(16)24-20)11-25-13(3)6-5-7-14(25)4/h8-10,12-14H,5-7,11H2,1-4H3,(H2,22,23,24)/t13-,14+. The minimum absolute atomic E-state index is 0.335. The van der Waals surface area contributed by atoms with E-state index in [1.807, 2.05) is 12.1 Å². The first-order valence-electron chi connectivity index (χ1n) is 9.84. The highest BCUT2D eigenvalue weighted by Crippen LogP contribution is 2.33. The number of fused-ring (bicyclic) bond motifs is 1. The van der Waals surface area contributed by atoms with E-state index in [-0.39, 0.29) is 0 Å². The third-order valence-electron chi connectivity index (χ3n) is 5.60. The summed E-state index contributed by atoms with van der Waals surface area (Å²) in [6.45, 7) is 9.83. The van der Waals surface area contributed by atoms with Crippen LogP contribution in [0.4, 0.5) is 5.82 Å². The highest BCUT2D eigenvalue weighted by molar-refractivity contribution is 7.18. The molecule has 0 aromatic carbocycles. The molecule has 0 unspecified atom stereocenters. The summed E-state index contributed by atoms with van der Waals surface area (Å²) in [6, 6.07) is 7.32. The van der Waals surface area contributed by atoms with E-state index in [1.165, 1.54) is 24.1 Å². The molecule has 3 aromatic rings. The van der Waals surface area contributed by atoms with Crippen molar-refractivity contribution in [3.8, 4) is 11.6 Å². The predicted octanol–water partition coefficient (Wildman–Crippen LogP) is 5.42. The van der Waals surface area contributed by atoms with Gasteiger partial charge in [0.1, 0.15) is 16.4 Å². The molecule has 2 atom stereocenters. The van der Waals surface area contributed by atoms with Gasteiger partial charge in [-0.05, 0) is 44.9 Å². The zero-order valence-corrected chi connectivity index (χ0v) is 17.3. The van der Waals surface area contributed by atoms with Crippen LogP contribution in [0.2, 0.25) is 0 Å². The Bertz CT molecular complexity index is 935. The van der Waals surface area contributed by atoms with Crippen molar-refractivity contribution in [3.05, 3.63) is 28.8 Å². The Morgan fingerprint density at radius 2 is 1.96 bits per heavy atom. The van der Waals surface area contributed by atoms with Gasteiger partial charge >= 0.3 is 0 Å². The molecule has 0 radical (unpaired) electrons. The first-order chi connectivity index (χ1) is 12.9. The normalized spacial score (nSPS) is 21.4. The number of likely N-dealkylation sites (tertiary alicyclic amines) is 1. The molecule has 0 bridgehead atoms. The molecule has 1 fully saturated rings. The van der Waals surface area contributed by atoms with Crippen molar-refractivity contribution in [2.45, 2.75) is 71.5 Å². The summed E-state index contributed by atoms with van der Waals surface area (Å²) in [5.74, 6) is 3.05. The first kappa shape index (κ1) is 18.4. The molecule has 3 aromatic heterocycles. The summed E-state index contributed by atoms with van der Waals surface area (Å²) in [5.41, 5.74) is 6.26. The van der Waals surface area contributed by atoms with E-state index in [0.717, 1.165) is 22.5 Å². The average Bonchev–Trinajstić information content (AvgIpc) is 3.25. The molecule has 5 nitrogen and oxygen atoms in total. The summed E-state index contributed by atoms with van der Waals surface area (Å²) < 4.78 is 5.91. The van der Waals surface area contributed by atoms with Crippen LogP contribution in [0.3, 0.4) is 0 Å². The number of thiophene rings is 1. The van der Waals surface area contributed by atoms with Crippen molar-refractivity contribution in [1.82, 2.24) is 14.9 Å². The lowest BCUT2D eigenvalue weighted by molar-refractivity contribution is 0.0965. The van der Waals surface area contributed by atoms with Crippen molar-refractivity contribution in [3.63, 3.8) is 0 Å². The van der Waals surface area contributed by atoms with Crippen LogP contribution in [0.1, 0.15) is 63.5 Å². The van der Waals surface area contributed by atoms with Crippen LogP contribution in [-0.2, 0) is 6.54 Å². The minimum Gasteiger partial charge on any atom is -0.457 e. The highest BCUT2D eigenvalue weighted by Gasteiger charge is 2.25. The molecule has 2 N–H and O–H groups in total. The van der Waals surface area contributed by atoms with Crippen LogP contribution in [0.15, 0.2) is 22.6 Å². The number of anilines is 1. The molecule has 6 heteroatoms. The number of furan rings is 1. The second-order valence-electron chi connectivity index (χ2n) is 8.02. The Balaban J connectivity index is 1.65. The fourth-order valence-electron chi connectivity index (χ4n) is 3.93. The van der Waals surface area contributed by atoms with Crippen LogP contribution in [0, 0.1) is 0 Å². The van der Waals surface area contributed by atoms with Gasteiger partial charge in [0.25, 0.3) is 0 Å². The molecular weight excluding hydrogens is 356 g/mol. The zero-order chi connectivity index (χ0) is 19.1. The minimum atomic E-state index is 0.335. The number of hydrogen-bond donors (Lipinski definition) is 1. The second kappa shape index (κ2) is 7.24. The number of nitrogens with two attached hydrogens (primary N) is 1. The molecule has 1 aliphatic rings. The van der Waals surface area contributed by atoms with E-state index in [9.17, 15) is 0 Å². The van der Waals surface area contributed by atoms with Gasteiger partial charge < -0.3 is 10.2 Å². The summed E-state index contributed by atoms with van der Waals surface area (Å²) in [7, 11) is 0. The van der Waals surface area contributed by atoms with Gasteiger partial charge in [0, 0.05) is 29.4 Å². The largest absolute Gasteiger partial charge is 0.457 e. The van der Waals surface area contributed by atoms with Crippen LogP contribution < -0.4 is 5.73 Å². The first-order valence-corrected chi connectivity index (χ1v) is 10.7. The zero-order valence-electron chi connectivity index (χ0n) is 16.5. The molecule has 27 heavy (non-hydrogen) atoms. The van der Waals surface area contributed by atoms with Crippen molar-refractivity contribution in [2.75, 3.05) is 5.73 Å². The molecule has 0 saturated carbocycles. The highest BCUT2D eigenvalue weighted by atomic mass is 32.1. The van der Waals surface area contributed by atoms with Crippen LogP contribution in [-0.4, -0.2) is 27.0 Å². The molecule has 0 spiro atoms. The molecule has 144 valence electrons. The molecule has 1 aliphatic heterocycles. The fraction of sp³-hybridized carbons (Fsp3) is 0.524. The number of hydrogen-bond acceptors (Lipinski definition) is 6. The Hall–Kier alpha value is -1.92. The monoisotopic (exact) mass is 384 g/mol. The maximum atomic E-state index is 6.26. The number of nitrogens with zero attached hydrogens (tertiary/aromatic N) is 3. The Labute approximate surface area is 164 Å². The summed E-state index contributed by atoms with van der Waals surface area (Å²) in [5, 5.41) is 0.951. The molecular formula is C21H28N4OS. The lowest BCUT2D eigenvalue weighted by atomic mass is 9.97. The Kier molecular flexibility index (Phi) is 4.95. The van der Waals surface area contributed by atoms with Gasteiger partial charge in [0.05, 0.1) is 5.39 Å². The maximum Gasteiger partial charge on any atom is 0.199 e. The van der Waals surface area contributed by atoms with E-state index in [4.69, 9.17) is 15.1 Å². The topological polar surface area (TPSA) is 68.2 Å². The van der Waals surface area contributed by atoms with Gasteiger partial charge in [-0.2, -0.15) is 0 Å². The van der Waals surface area contributed by atoms with Gasteiger partial charge in [0.15, 0.2) is 11.6 Å². The van der Waals surface area contributed by atoms with E-state index < -0.39 is 0 Å². The van der Waals surface area contributed by atoms with Crippen molar-refractivity contribution in [1.29, 1.82) is 0 Å². The van der Waals surface area contributed by atoms with E-state index in [0.29, 0.717) is 35.4 Å². The van der Waals surface area contributed by atoms with Gasteiger partial charge in [-0.15, -0.1) is 11.3 Å². The van der Waals surface area contributed by atoms with Gasteiger partial charge in [-0.25, -0.2) is 9.97 Å². The Morgan fingerprint density at radius 1 is 1.22 bits per heavy atom. The third kappa shape index (κ3) is 3.60. The van der Waals surface area contributed by atoms with Crippen LogP contribution in [0.25, 0.3) is 21.8 Å². The number of rotatable bonds is 4. The molecule has 1 saturated heterocycles. The third-order valence-corrected chi connectivity index (χ3v) is 6.62. The van der Waals surface area contributed by atoms with Crippen LogP contribution >= 0.6 is 11.3 Å². The maximum absolute atomic E-state index is 6.26. The van der Waals surface area contributed by atoms with Gasteiger partial charge in [-0.1, -0.05) is 20.3 Å². The van der Waals surface area contributed by atoms with E-state index >= 15 is 0 Å². The number of aromatic nitrogens is 2. The SMILES string of the molecule is CC(C)c1ccc(-c2nc(N)c3cc(CN4[C@H](C)CCC[C@@H]4C)sc3n2)o1. The average molecular weight is 385 g/mol. The van der Waals surface area contributed by atoms with Crippen molar-refractivity contribution < 1.29 is 4.42 Å². The van der Waals surface area contributed by atoms with E-state index in [1.54, 1.807) is 11.3 Å². The summed E-state index contributed by atoms with van der Waals surface area (Å²) >= 11 is 1.72. The molecule has 4 rings (SSSR count). The van der Waals surface area contributed by atoms with E-state index in [2.05, 4.69) is 43.6 Å². The smallest absolute Gasteiger partial charge is 0.199 e. The van der Waals surface area contributed by atoms with Crippen LogP contribution in [0.5, 0.6) is 0 Å². The molecule has 0 aliphatic carbocycles. The quantitative estimate of drug-likeness (QED) is 0.650. The number of piperidine rings is 1. The predicted molar refractivity (Wildman–Crippen MR) is 112 cm³/mol. The lowest BCUT2D eigenvalue weighted by Crippen LogP contribution is -2.42. The Morgan fingerprint density at radius 3 is 2.63 bits per heavy atom. The molecule has 4 heterocycles.